The van der Waals surface area contributed by atoms with Gasteiger partial charge in [0.2, 0.25) is 5.91 Å². The Balaban J connectivity index is 1.60. The van der Waals surface area contributed by atoms with E-state index in [1.807, 2.05) is 84.9 Å². The van der Waals surface area contributed by atoms with E-state index in [0.29, 0.717) is 13.0 Å². The largest absolute Gasteiger partial charge is 0.497 e. The van der Waals surface area contributed by atoms with Gasteiger partial charge in [0.1, 0.15) is 5.75 Å². The van der Waals surface area contributed by atoms with Gasteiger partial charge in [0, 0.05) is 37.3 Å². The number of carbonyl (C=O) groups excluding carboxylic acids is 1. The Hall–Kier alpha value is -3.37. The minimum atomic E-state index is 0.00201. The standard InChI is InChI=1S/C26H28N2O2/c1-3-18-28(20-21-13-15-23(30-2)16-14-21)19-17-26(29)27-25-12-8-7-11-24(25)22-9-5-4-6-10-22/h3-16H,1,17-20H2,2H3,(H,27,29). The Bertz CT molecular complexity index is 952. The molecular formula is C26H28N2O2. The molecule has 0 spiro atoms. The molecular weight excluding hydrogens is 372 g/mol. The highest BCUT2D eigenvalue weighted by Crippen LogP contribution is 2.27. The summed E-state index contributed by atoms with van der Waals surface area (Å²) < 4.78 is 5.22. The molecule has 0 bridgehead atoms. The molecule has 0 aliphatic heterocycles. The summed E-state index contributed by atoms with van der Waals surface area (Å²) >= 11 is 0. The van der Waals surface area contributed by atoms with Crippen LogP contribution in [0.4, 0.5) is 5.69 Å². The van der Waals surface area contributed by atoms with Crippen molar-refractivity contribution in [3.05, 3.63) is 97.1 Å². The number of carbonyl (C=O) groups is 1. The van der Waals surface area contributed by atoms with Crippen LogP contribution >= 0.6 is 0 Å². The van der Waals surface area contributed by atoms with E-state index in [2.05, 4.69) is 16.8 Å². The topological polar surface area (TPSA) is 41.6 Å². The molecule has 1 N–H and O–H groups in total. The van der Waals surface area contributed by atoms with Gasteiger partial charge in [-0.15, -0.1) is 6.58 Å². The molecule has 0 aliphatic carbocycles. The van der Waals surface area contributed by atoms with E-state index in [4.69, 9.17) is 4.74 Å². The second-order valence-corrected chi connectivity index (χ2v) is 7.08. The van der Waals surface area contributed by atoms with Crippen molar-refractivity contribution in [2.45, 2.75) is 13.0 Å². The number of nitrogens with zero attached hydrogens (tertiary/aromatic N) is 1. The highest BCUT2D eigenvalue weighted by molar-refractivity contribution is 5.95. The summed E-state index contributed by atoms with van der Waals surface area (Å²) in [6.45, 7) is 5.97. The number of hydrogen-bond donors (Lipinski definition) is 1. The summed E-state index contributed by atoms with van der Waals surface area (Å²) in [7, 11) is 1.66. The van der Waals surface area contributed by atoms with E-state index in [0.717, 1.165) is 35.7 Å². The quantitative estimate of drug-likeness (QED) is 0.465. The third kappa shape index (κ3) is 6.06. The van der Waals surface area contributed by atoms with Crippen LogP contribution in [0.2, 0.25) is 0 Å². The van der Waals surface area contributed by atoms with Gasteiger partial charge in [0.05, 0.1) is 7.11 Å². The van der Waals surface area contributed by atoms with Gasteiger partial charge in [-0.1, -0.05) is 66.7 Å². The van der Waals surface area contributed by atoms with Gasteiger partial charge in [0.15, 0.2) is 0 Å². The Morgan fingerprint density at radius 3 is 2.40 bits per heavy atom. The van der Waals surface area contributed by atoms with E-state index in [1.54, 1.807) is 7.11 Å². The van der Waals surface area contributed by atoms with Gasteiger partial charge in [-0.2, -0.15) is 0 Å². The van der Waals surface area contributed by atoms with Gasteiger partial charge in [-0.3, -0.25) is 9.69 Å². The number of hydrogen-bond acceptors (Lipinski definition) is 3. The van der Waals surface area contributed by atoms with Crippen molar-refractivity contribution in [3.63, 3.8) is 0 Å². The van der Waals surface area contributed by atoms with Gasteiger partial charge >= 0.3 is 0 Å². The molecule has 0 radical (unpaired) electrons. The van der Waals surface area contributed by atoms with Crippen molar-refractivity contribution in [2.24, 2.45) is 0 Å². The zero-order valence-corrected chi connectivity index (χ0v) is 17.4. The Kier molecular flexibility index (Phi) is 7.81. The fraction of sp³-hybridized carbons (Fsp3) is 0.192. The number of nitrogens with one attached hydrogen (secondary N) is 1. The number of ether oxygens (including phenoxy) is 1. The summed E-state index contributed by atoms with van der Waals surface area (Å²) in [4.78, 5) is 14.9. The molecule has 3 rings (SSSR count). The van der Waals surface area contributed by atoms with Gasteiger partial charge in [-0.25, -0.2) is 0 Å². The highest BCUT2D eigenvalue weighted by Gasteiger charge is 2.11. The summed E-state index contributed by atoms with van der Waals surface area (Å²) in [5, 5.41) is 3.08. The molecule has 0 aliphatic rings. The van der Waals surface area contributed by atoms with Crippen LogP contribution in [0, 0.1) is 0 Å². The number of benzene rings is 3. The number of amides is 1. The Morgan fingerprint density at radius 2 is 1.70 bits per heavy atom. The van der Waals surface area contributed by atoms with Crippen molar-refractivity contribution in [1.29, 1.82) is 0 Å². The summed E-state index contributed by atoms with van der Waals surface area (Å²) in [6.07, 6.45) is 2.28. The van der Waals surface area contributed by atoms with Crippen LogP contribution in [-0.2, 0) is 11.3 Å². The van der Waals surface area contributed by atoms with E-state index in [-0.39, 0.29) is 5.91 Å². The molecule has 0 atom stereocenters. The average molecular weight is 401 g/mol. The molecule has 0 saturated carbocycles. The van der Waals surface area contributed by atoms with Crippen molar-refractivity contribution >= 4 is 11.6 Å². The van der Waals surface area contributed by atoms with Crippen molar-refractivity contribution < 1.29 is 9.53 Å². The fourth-order valence-corrected chi connectivity index (χ4v) is 3.34. The summed E-state index contributed by atoms with van der Waals surface area (Å²) in [5.41, 5.74) is 4.11. The van der Waals surface area contributed by atoms with Crippen molar-refractivity contribution in [3.8, 4) is 16.9 Å². The molecule has 0 heterocycles. The van der Waals surface area contributed by atoms with Crippen LogP contribution < -0.4 is 10.1 Å². The predicted molar refractivity (Wildman–Crippen MR) is 124 cm³/mol. The second-order valence-electron chi connectivity index (χ2n) is 7.08. The first-order valence-corrected chi connectivity index (χ1v) is 10.1. The molecule has 1 amide bonds. The molecule has 4 nitrogen and oxygen atoms in total. The lowest BCUT2D eigenvalue weighted by molar-refractivity contribution is -0.116. The van der Waals surface area contributed by atoms with Gasteiger partial charge < -0.3 is 10.1 Å². The normalized spacial score (nSPS) is 10.6. The van der Waals surface area contributed by atoms with E-state index < -0.39 is 0 Å². The van der Waals surface area contributed by atoms with Gasteiger partial charge in [-0.05, 0) is 29.3 Å². The Labute approximate surface area is 178 Å². The summed E-state index contributed by atoms with van der Waals surface area (Å²) in [5.74, 6) is 0.840. The smallest absolute Gasteiger partial charge is 0.225 e. The van der Waals surface area contributed by atoms with E-state index in [9.17, 15) is 4.79 Å². The number of methoxy groups -OCH3 is 1. The minimum Gasteiger partial charge on any atom is -0.497 e. The SMILES string of the molecule is C=CCN(CCC(=O)Nc1ccccc1-c1ccccc1)Cc1ccc(OC)cc1. The van der Waals surface area contributed by atoms with Gasteiger partial charge in [0.25, 0.3) is 0 Å². The fourth-order valence-electron chi connectivity index (χ4n) is 3.34. The van der Waals surface area contributed by atoms with E-state index >= 15 is 0 Å². The summed E-state index contributed by atoms with van der Waals surface area (Å²) in [6, 6.07) is 26.0. The number of rotatable bonds is 10. The number of anilines is 1. The third-order valence-electron chi connectivity index (χ3n) is 4.89. The Morgan fingerprint density at radius 1 is 1.00 bits per heavy atom. The molecule has 4 heteroatoms. The minimum absolute atomic E-state index is 0.00201. The molecule has 0 saturated heterocycles. The molecule has 0 fully saturated rings. The van der Waals surface area contributed by atoms with Crippen molar-refractivity contribution in [1.82, 2.24) is 4.90 Å². The molecule has 30 heavy (non-hydrogen) atoms. The highest BCUT2D eigenvalue weighted by atomic mass is 16.5. The predicted octanol–water partition coefficient (Wildman–Crippen LogP) is 5.38. The molecule has 3 aromatic carbocycles. The van der Waals surface area contributed by atoms with Crippen LogP contribution in [0.5, 0.6) is 5.75 Å². The molecule has 0 unspecified atom stereocenters. The maximum absolute atomic E-state index is 12.7. The lowest BCUT2D eigenvalue weighted by Crippen LogP contribution is -2.28. The molecule has 0 aromatic heterocycles. The second kappa shape index (κ2) is 11.0. The monoisotopic (exact) mass is 400 g/mol. The van der Waals surface area contributed by atoms with E-state index in [1.165, 1.54) is 5.56 Å². The maximum Gasteiger partial charge on any atom is 0.225 e. The van der Waals surface area contributed by atoms with Crippen molar-refractivity contribution in [2.75, 3.05) is 25.5 Å². The zero-order chi connectivity index (χ0) is 21.2. The average Bonchev–Trinajstić information content (AvgIpc) is 2.79. The maximum atomic E-state index is 12.7. The molecule has 154 valence electrons. The number of para-hydroxylation sites is 1. The van der Waals surface area contributed by atoms with Crippen LogP contribution in [0.1, 0.15) is 12.0 Å². The first-order chi connectivity index (χ1) is 14.7. The lowest BCUT2D eigenvalue weighted by atomic mass is 10.0. The zero-order valence-electron chi connectivity index (χ0n) is 17.4. The third-order valence-corrected chi connectivity index (χ3v) is 4.89. The molecule has 3 aromatic rings. The first-order valence-electron chi connectivity index (χ1n) is 10.1. The van der Waals surface area contributed by atoms with Crippen LogP contribution in [0.25, 0.3) is 11.1 Å². The lowest BCUT2D eigenvalue weighted by Gasteiger charge is -2.21. The van der Waals surface area contributed by atoms with Crippen LogP contribution in [0.3, 0.4) is 0 Å². The van der Waals surface area contributed by atoms with Crippen LogP contribution in [0.15, 0.2) is 91.5 Å². The van der Waals surface area contributed by atoms with Crippen LogP contribution in [-0.4, -0.2) is 31.0 Å². The first kappa shape index (κ1) is 21.3.